The van der Waals surface area contributed by atoms with Crippen LogP contribution in [0.3, 0.4) is 0 Å². The molecule has 6 heteroatoms. The Labute approximate surface area is 150 Å². The van der Waals surface area contributed by atoms with E-state index in [9.17, 15) is 9.59 Å². The molecular weight excluding hydrogens is 330 g/mol. The fourth-order valence-corrected chi connectivity index (χ4v) is 2.37. The number of ether oxygens (including phenoxy) is 1. The van der Waals surface area contributed by atoms with Gasteiger partial charge in [-0.1, -0.05) is 24.3 Å². The smallest absolute Gasteiger partial charge is 0.337 e. The Morgan fingerprint density at radius 3 is 2.35 bits per heavy atom. The van der Waals surface area contributed by atoms with Gasteiger partial charge >= 0.3 is 5.97 Å². The first-order chi connectivity index (χ1) is 12.7. The van der Waals surface area contributed by atoms with Crippen molar-refractivity contribution in [3.63, 3.8) is 0 Å². The highest BCUT2D eigenvalue weighted by molar-refractivity contribution is 6.05. The van der Waals surface area contributed by atoms with E-state index < -0.39 is 5.97 Å². The van der Waals surface area contributed by atoms with Crippen molar-refractivity contribution >= 4 is 28.9 Å². The van der Waals surface area contributed by atoms with Crippen molar-refractivity contribution in [1.82, 2.24) is 4.98 Å². The molecule has 0 saturated carbocycles. The number of nitrogens with one attached hydrogen (secondary N) is 2. The molecule has 0 radical (unpaired) electrons. The van der Waals surface area contributed by atoms with Crippen LogP contribution in [0.2, 0.25) is 0 Å². The van der Waals surface area contributed by atoms with E-state index in [1.54, 1.807) is 36.5 Å². The number of esters is 1. The van der Waals surface area contributed by atoms with Gasteiger partial charge in [0.15, 0.2) is 0 Å². The number of anilines is 3. The maximum absolute atomic E-state index is 12.5. The maximum atomic E-state index is 12.5. The SMILES string of the molecule is COC(=O)c1cccc(NC(=O)c2cncc(Nc3ccccc3)c2)c1. The predicted octanol–water partition coefficient (Wildman–Crippen LogP) is 3.86. The summed E-state index contributed by atoms with van der Waals surface area (Å²) in [4.78, 5) is 28.2. The molecule has 3 rings (SSSR count). The molecule has 0 saturated heterocycles. The summed E-state index contributed by atoms with van der Waals surface area (Å²) in [6, 6.07) is 17.9. The normalized spacial score (nSPS) is 10.0. The first kappa shape index (κ1) is 17.2. The highest BCUT2D eigenvalue weighted by Gasteiger charge is 2.10. The van der Waals surface area contributed by atoms with E-state index >= 15 is 0 Å². The third-order valence-electron chi connectivity index (χ3n) is 3.60. The minimum atomic E-state index is -0.461. The monoisotopic (exact) mass is 347 g/mol. The number of hydrogen-bond acceptors (Lipinski definition) is 5. The van der Waals surface area contributed by atoms with Gasteiger partial charge in [-0.2, -0.15) is 0 Å². The molecule has 0 bridgehead atoms. The number of benzene rings is 2. The number of rotatable bonds is 5. The molecule has 1 amide bonds. The number of pyridine rings is 1. The summed E-state index contributed by atoms with van der Waals surface area (Å²) >= 11 is 0. The van der Waals surface area contributed by atoms with Crippen molar-refractivity contribution in [2.75, 3.05) is 17.7 Å². The highest BCUT2D eigenvalue weighted by Crippen LogP contribution is 2.18. The van der Waals surface area contributed by atoms with Gasteiger partial charge in [0, 0.05) is 17.6 Å². The van der Waals surface area contributed by atoms with E-state index in [0.29, 0.717) is 22.5 Å². The molecule has 0 unspecified atom stereocenters. The average Bonchev–Trinajstić information content (AvgIpc) is 2.68. The van der Waals surface area contributed by atoms with Crippen molar-refractivity contribution in [1.29, 1.82) is 0 Å². The molecule has 26 heavy (non-hydrogen) atoms. The van der Waals surface area contributed by atoms with Gasteiger partial charge in [-0.15, -0.1) is 0 Å². The molecule has 1 heterocycles. The molecule has 6 nitrogen and oxygen atoms in total. The number of methoxy groups -OCH3 is 1. The Hall–Kier alpha value is -3.67. The minimum absolute atomic E-state index is 0.323. The third-order valence-corrected chi connectivity index (χ3v) is 3.60. The fraction of sp³-hybridized carbons (Fsp3) is 0.0500. The maximum Gasteiger partial charge on any atom is 0.337 e. The zero-order valence-electron chi connectivity index (χ0n) is 14.1. The van der Waals surface area contributed by atoms with E-state index in [0.717, 1.165) is 5.69 Å². The molecule has 3 aromatic rings. The lowest BCUT2D eigenvalue weighted by molar-refractivity contribution is 0.0600. The Morgan fingerprint density at radius 2 is 1.58 bits per heavy atom. The molecular formula is C20H17N3O3. The summed E-state index contributed by atoms with van der Waals surface area (Å²) in [5.74, 6) is -0.784. The molecule has 0 aliphatic carbocycles. The summed E-state index contributed by atoms with van der Waals surface area (Å²) in [6.07, 6.45) is 3.12. The largest absolute Gasteiger partial charge is 0.465 e. The van der Waals surface area contributed by atoms with Crippen LogP contribution in [-0.2, 0) is 4.74 Å². The van der Waals surface area contributed by atoms with Crippen molar-refractivity contribution in [3.05, 3.63) is 84.2 Å². The second-order valence-corrected chi connectivity index (χ2v) is 5.48. The van der Waals surface area contributed by atoms with E-state index in [1.807, 2.05) is 30.3 Å². The van der Waals surface area contributed by atoms with Crippen LogP contribution in [0.4, 0.5) is 17.1 Å². The topological polar surface area (TPSA) is 80.3 Å². The quantitative estimate of drug-likeness (QED) is 0.685. The van der Waals surface area contributed by atoms with Gasteiger partial charge in [-0.25, -0.2) is 4.79 Å². The molecule has 130 valence electrons. The van der Waals surface area contributed by atoms with Gasteiger partial charge < -0.3 is 15.4 Å². The number of nitrogens with zero attached hydrogens (tertiary/aromatic N) is 1. The summed E-state index contributed by atoms with van der Waals surface area (Å²) in [7, 11) is 1.31. The fourth-order valence-electron chi connectivity index (χ4n) is 2.37. The molecule has 0 aliphatic heterocycles. The molecule has 0 atom stereocenters. The Morgan fingerprint density at radius 1 is 0.846 bits per heavy atom. The second-order valence-electron chi connectivity index (χ2n) is 5.48. The number of para-hydroxylation sites is 1. The summed E-state index contributed by atoms with van der Waals surface area (Å²) in [6.45, 7) is 0. The van der Waals surface area contributed by atoms with E-state index in [-0.39, 0.29) is 5.91 Å². The van der Waals surface area contributed by atoms with Crippen LogP contribution >= 0.6 is 0 Å². The number of aromatic nitrogens is 1. The van der Waals surface area contributed by atoms with Gasteiger partial charge in [-0.3, -0.25) is 9.78 Å². The molecule has 2 aromatic carbocycles. The Bertz CT molecular complexity index is 926. The van der Waals surface area contributed by atoms with Crippen LogP contribution in [0.1, 0.15) is 20.7 Å². The van der Waals surface area contributed by atoms with Crippen LogP contribution in [0, 0.1) is 0 Å². The second kappa shape index (κ2) is 7.94. The summed E-state index contributed by atoms with van der Waals surface area (Å²) < 4.78 is 4.68. The zero-order valence-corrected chi connectivity index (χ0v) is 14.1. The molecule has 0 fully saturated rings. The van der Waals surface area contributed by atoms with Crippen LogP contribution < -0.4 is 10.6 Å². The number of carbonyl (C=O) groups is 2. The third kappa shape index (κ3) is 4.24. The van der Waals surface area contributed by atoms with E-state index in [4.69, 9.17) is 0 Å². The predicted molar refractivity (Wildman–Crippen MR) is 99.7 cm³/mol. The number of amides is 1. The zero-order chi connectivity index (χ0) is 18.4. The first-order valence-electron chi connectivity index (χ1n) is 7.92. The van der Waals surface area contributed by atoms with Crippen LogP contribution in [0.5, 0.6) is 0 Å². The highest BCUT2D eigenvalue weighted by atomic mass is 16.5. The molecule has 0 spiro atoms. The number of hydrogen-bond donors (Lipinski definition) is 2. The van der Waals surface area contributed by atoms with Crippen LogP contribution in [0.25, 0.3) is 0 Å². The van der Waals surface area contributed by atoms with Crippen LogP contribution in [-0.4, -0.2) is 24.0 Å². The average molecular weight is 347 g/mol. The standard InChI is InChI=1S/C20H17N3O3/c1-26-20(25)14-6-5-9-17(10-14)23-19(24)15-11-18(13-21-12-15)22-16-7-3-2-4-8-16/h2-13,22H,1H3,(H,23,24). The van der Waals surface area contributed by atoms with Gasteiger partial charge in [0.25, 0.3) is 5.91 Å². The minimum Gasteiger partial charge on any atom is -0.465 e. The Balaban J connectivity index is 1.74. The lowest BCUT2D eigenvalue weighted by Crippen LogP contribution is -2.13. The van der Waals surface area contributed by atoms with Crippen LogP contribution in [0.15, 0.2) is 73.1 Å². The lowest BCUT2D eigenvalue weighted by atomic mass is 10.2. The van der Waals surface area contributed by atoms with E-state index in [2.05, 4.69) is 20.4 Å². The van der Waals surface area contributed by atoms with Crippen molar-refractivity contribution < 1.29 is 14.3 Å². The van der Waals surface area contributed by atoms with Crippen molar-refractivity contribution in [3.8, 4) is 0 Å². The summed E-state index contributed by atoms with van der Waals surface area (Å²) in [5.41, 5.74) is 2.86. The van der Waals surface area contributed by atoms with Gasteiger partial charge in [0.1, 0.15) is 0 Å². The van der Waals surface area contributed by atoms with Gasteiger partial charge in [0.2, 0.25) is 0 Å². The van der Waals surface area contributed by atoms with Crippen molar-refractivity contribution in [2.24, 2.45) is 0 Å². The molecule has 1 aromatic heterocycles. The number of carbonyl (C=O) groups excluding carboxylic acids is 2. The lowest BCUT2D eigenvalue weighted by Gasteiger charge is -2.09. The first-order valence-corrected chi connectivity index (χ1v) is 7.92. The Kier molecular flexibility index (Phi) is 5.24. The van der Waals surface area contributed by atoms with Gasteiger partial charge in [0.05, 0.1) is 30.1 Å². The molecule has 2 N–H and O–H groups in total. The van der Waals surface area contributed by atoms with Crippen molar-refractivity contribution in [2.45, 2.75) is 0 Å². The van der Waals surface area contributed by atoms with Gasteiger partial charge in [-0.05, 0) is 36.4 Å². The molecule has 0 aliphatic rings. The summed E-state index contributed by atoms with van der Waals surface area (Å²) in [5, 5.41) is 5.95. The van der Waals surface area contributed by atoms with E-state index in [1.165, 1.54) is 13.3 Å².